The molecule has 2 aromatic heterocycles. The van der Waals surface area contributed by atoms with Gasteiger partial charge >= 0.3 is 0 Å². The molecule has 0 spiro atoms. The van der Waals surface area contributed by atoms with Crippen LogP contribution in [0.5, 0.6) is 0 Å². The number of aromatic nitrogens is 1. The molecule has 0 aromatic carbocycles. The van der Waals surface area contributed by atoms with Crippen molar-refractivity contribution in [2.75, 3.05) is 19.6 Å². The van der Waals surface area contributed by atoms with Crippen molar-refractivity contribution in [3.05, 3.63) is 23.2 Å². The quantitative estimate of drug-likeness (QED) is 0.741. The molecule has 0 amide bonds. The van der Waals surface area contributed by atoms with Gasteiger partial charge in [0.15, 0.2) is 0 Å². The molecule has 0 aliphatic carbocycles. The van der Waals surface area contributed by atoms with E-state index in [0.29, 0.717) is 22.7 Å². The van der Waals surface area contributed by atoms with Gasteiger partial charge in [0.25, 0.3) is 0 Å². The molecule has 1 aliphatic rings. The highest BCUT2D eigenvalue weighted by atomic mass is 32.2. The standard InChI is InChI=1S/C18H27N3O2S3/c1-13(2)15-12-24-18(20-15)16-7-8-17(25-16)26(22,23)19-9-11-21-10-5-4-6-14(21)3/h7-8,12-14,19H,4-6,9-11H2,1-3H3/t14-/m0/s1. The van der Waals surface area contributed by atoms with Crippen LogP contribution in [0.25, 0.3) is 9.88 Å². The third kappa shape index (κ3) is 4.72. The molecule has 0 bridgehead atoms. The Hall–Kier alpha value is -0.800. The number of piperidine rings is 1. The normalized spacial score (nSPS) is 19.3. The van der Waals surface area contributed by atoms with Gasteiger partial charge in [-0.3, -0.25) is 4.90 Å². The highest BCUT2D eigenvalue weighted by molar-refractivity contribution is 7.91. The molecule has 8 heteroatoms. The number of rotatable bonds is 7. The summed E-state index contributed by atoms with van der Waals surface area (Å²) < 4.78 is 28.3. The number of hydrogen-bond donors (Lipinski definition) is 1. The number of nitrogens with zero attached hydrogens (tertiary/aromatic N) is 2. The Labute approximate surface area is 164 Å². The molecule has 1 N–H and O–H groups in total. The Morgan fingerprint density at radius 1 is 1.35 bits per heavy atom. The molecule has 0 unspecified atom stereocenters. The molecule has 3 rings (SSSR count). The Balaban J connectivity index is 1.61. The maximum atomic E-state index is 12.6. The van der Waals surface area contributed by atoms with Gasteiger partial charge in [-0.25, -0.2) is 18.1 Å². The molecule has 1 atom stereocenters. The molecular weight excluding hydrogens is 386 g/mol. The minimum atomic E-state index is -3.46. The third-order valence-electron chi connectivity index (χ3n) is 4.80. The first-order chi connectivity index (χ1) is 12.4. The van der Waals surface area contributed by atoms with Crippen LogP contribution in [0.15, 0.2) is 21.7 Å². The molecule has 1 saturated heterocycles. The van der Waals surface area contributed by atoms with Gasteiger partial charge in [-0.2, -0.15) is 0 Å². The van der Waals surface area contributed by atoms with Crippen LogP contribution in [0.3, 0.4) is 0 Å². The van der Waals surface area contributed by atoms with Crippen LogP contribution in [0, 0.1) is 0 Å². The number of nitrogens with one attached hydrogen (secondary N) is 1. The first-order valence-corrected chi connectivity index (χ1v) is 12.3. The van der Waals surface area contributed by atoms with Gasteiger partial charge in [-0.05, 0) is 44.4 Å². The lowest BCUT2D eigenvalue weighted by atomic mass is 10.0. The predicted molar refractivity (Wildman–Crippen MR) is 110 cm³/mol. The van der Waals surface area contributed by atoms with E-state index in [1.165, 1.54) is 30.6 Å². The second-order valence-electron chi connectivity index (χ2n) is 7.13. The minimum Gasteiger partial charge on any atom is -0.299 e. The molecule has 2 aromatic rings. The molecule has 1 aliphatic heterocycles. The summed E-state index contributed by atoms with van der Waals surface area (Å²) in [7, 11) is -3.46. The summed E-state index contributed by atoms with van der Waals surface area (Å²) >= 11 is 2.86. The van der Waals surface area contributed by atoms with Crippen molar-refractivity contribution in [1.29, 1.82) is 0 Å². The van der Waals surface area contributed by atoms with Gasteiger partial charge in [0.1, 0.15) is 9.22 Å². The second kappa shape index (κ2) is 8.48. The second-order valence-corrected chi connectivity index (χ2v) is 11.1. The molecule has 0 radical (unpaired) electrons. The first kappa shape index (κ1) is 19.9. The van der Waals surface area contributed by atoms with Crippen molar-refractivity contribution in [3.8, 4) is 9.88 Å². The number of sulfonamides is 1. The van der Waals surface area contributed by atoms with Gasteiger partial charge in [0, 0.05) is 24.5 Å². The minimum absolute atomic E-state index is 0.362. The van der Waals surface area contributed by atoms with Gasteiger partial charge in [0.2, 0.25) is 10.0 Å². The molecule has 0 saturated carbocycles. The van der Waals surface area contributed by atoms with E-state index in [1.54, 1.807) is 17.4 Å². The van der Waals surface area contributed by atoms with E-state index in [4.69, 9.17) is 0 Å². The molecule has 3 heterocycles. The Morgan fingerprint density at radius 2 is 2.15 bits per heavy atom. The van der Waals surface area contributed by atoms with Gasteiger partial charge in [0.05, 0.1) is 10.6 Å². The van der Waals surface area contributed by atoms with E-state index in [9.17, 15) is 8.42 Å². The summed E-state index contributed by atoms with van der Waals surface area (Å²) in [5.74, 6) is 0.377. The van der Waals surface area contributed by atoms with E-state index in [1.807, 2.05) is 11.4 Å². The summed E-state index contributed by atoms with van der Waals surface area (Å²) in [6.07, 6.45) is 3.68. The fraction of sp³-hybridized carbons (Fsp3) is 0.611. The van der Waals surface area contributed by atoms with E-state index in [-0.39, 0.29) is 0 Å². The van der Waals surface area contributed by atoms with Crippen molar-refractivity contribution < 1.29 is 8.42 Å². The number of hydrogen-bond acceptors (Lipinski definition) is 6. The lowest BCUT2D eigenvalue weighted by Gasteiger charge is -2.33. The maximum Gasteiger partial charge on any atom is 0.250 e. The lowest BCUT2D eigenvalue weighted by Crippen LogP contribution is -2.42. The topological polar surface area (TPSA) is 62.3 Å². The summed E-state index contributed by atoms with van der Waals surface area (Å²) in [6, 6.07) is 4.08. The summed E-state index contributed by atoms with van der Waals surface area (Å²) in [5, 5.41) is 2.94. The van der Waals surface area contributed by atoms with Gasteiger partial charge < -0.3 is 0 Å². The fourth-order valence-corrected chi connectivity index (χ4v) is 6.55. The molecule has 5 nitrogen and oxygen atoms in total. The Bertz CT molecular complexity index is 826. The van der Waals surface area contributed by atoms with Crippen LogP contribution in [0.2, 0.25) is 0 Å². The molecule has 1 fully saturated rings. The van der Waals surface area contributed by atoms with Crippen LogP contribution >= 0.6 is 22.7 Å². The van der Waals surface area contributed by atoms with Crippen LogP contribution < -0.4 is 4.72 Å². The molecule has 144 valence electrons. The zero-order valence-corrected chi connectivity index (χ0v) is 18.0. The number of thiazole rings is 1. The zero-order valence-electron chi connectivity index (χ0n) is 15.6. The fourth-order valence-electron chi connectivity index (χ4n) is 3.13. The third-order valence-corrected chi connectivity index (χ3v) is 8.87. The average molecular weight is 414 g/mol. The largest absolute Gasteiger partial charge is 0.299 e. The van der Waals surface area contributed by atoms with Crippen LogP contribution in [0.1, 0.15) is 51.6 Å². The first-order valence-electron chi connectivity index (χ1n) is 9.16. The van der Waals surface area contributed by atoms with Crippen molar-refractivity contribution in [1.82, 2.24) is 14.6 Å². The SMILES string of the molecule is CC(C)c1csc(-c2ccc(S(=O)(=O)NCCN3CCCC[C@@H]3C)s2)n1. The van der Waals surface area contributed by atoms with Crippen molar-refractivity contribution in [2.45, 2.75) is 56.2 Å². The lowest BCUT2D eigenvalue weighted by molar-refractivity contribution is 0.164. The smallest absolute Gasteiger partial charge is 0.250 e. The Kier molecular flexibility index (Phi) is 6.50. The van der Waals surface area contributed by atoms with E-state index >= 15 is 0 Å². The van der Waals surface area contributed by atoms with Crippen molar-refractivity contribution in [2.24, 2.45) is 0 Å². The zero-order chi connectivity index (χ0) is 18.7. The van der Waals surface area contributed by atoms with Gasteiger partial charge in [-0.15, -0.1) is 22.7 Å². The van der Waals surface area contributed by atoms with E-state index in [2.05, 4.69) is 35.4 Å². The van der Waals surface area contributed by atoms with Crippen molar-refractivity contribution >= 4 is 32.7 Å². The van der Waals surface area contributed by atoms with Crippen LogP contribution in [-0.2, 0) is 10.0 Å². The molecule has 26 heavy (non-hydrogen) atoms. The van der Waals surface area contributed by atoms with Crippen LogP contribution in [0.4, 0.5) is 0 Å². The average Bonchev–Trinajstić information content (AvgIpc) is 3.26. The maximum absolute atomic E-state index is 12.6. The summed E-state index contributed by atoms with van der Waals surface area (Å²) in [5.41, 5.74) is 1.05. The van der Waals surface area contributed by atoms with Gasteiger partial charge in [-0.1, -0.05) is 20.3 Å². The molecular formula is C18H27N3O2S3. The number of thiophene rings is 1. The van der Waals surface area contributed by atoms with E-state index < -0.39 is 10.0 Å². The predicted octanol–water partition coefficient (Wildman–Crippen LogP) is 4.15. The van der Waals surface area contributed by atoms with E-state index in [0.717, 1.165) is 28.7 Å². The highest BCUT2D eigenvalue weighted by Gasteiger charge is 2.21. The number of likely N-dealkylation sites (tertiary alicyclic amines) is 1. The highest BCUT2D eigenvalue weighted by Crippen LogP contribution is 2.33. The van der Waals surface area contributed by atoms with Crippen LogP contribution in [-0.4, -0.2) is 44.0 Å². The monoisotopic (exact) mass is 413 g/mol. The summed E-state index contributed by atoms with van der Waals surface area (Å²) in [6.45, 7) is 8.72. The summed E-state index contributed by atoms with van der Waals surface area (Å²) in [4.78, 5) is 7.89. The van der Waals surface area contributed by atoms with Crippen molar-refractivity contribution in [3.63, 3.8) is 0 Å². The Morgan fingerprint density at radius 3 is 2.85 bits per heavy atom.